The average molecular weight is 195 g/mol. The summed E-state index contributed by atoms with van der Waals surface area (Å²) in [4.78, 5) is 25.0. The summed E-state index contributed by atoms with van der Waals surface area (Å²) in [6, 6.07) is 3.21. The molecular formula is C10H13NO3. The maximum absolute atomic E-state index is 11.3. The molecule has 0 aliphatic rings. The number of esters is 1. The zero-order valence-corrected chi connectivity index (χ0v) is 8.29. The number of hydrogen-bond acceptors (Lipinski definition) is 3. The fraction of sp³-hybridized carbons (Fsp3) is 0.400. The van der Waals surface area contributed by atoms with Crippen LogP contribution in [0.4, 0.5) is 0 Å². The van der Waals surface area contributed by atoms with Gasteiger partial charge in [0, 0.05) is 5.56 Å². The smallest absolute Gasteiger partial charge is 0.354 e. The number of hydrogen-bond donors (Lipinski definition) is 1. The Kier molecular flexibility index (Phi) is 3.45. The van der Waals surface area contributed by atoms with Crippen molar-refractivity contribution in [1.29, 1.82) is 0 Å². The van der Waals surface area contributed by atoms with E-state index in [0.717, 1.165) is 0 Å². The number of aromatic nitrogens is 1. The predicted molar refractivity (Wildman–Crippen MR) is 52.4 cm³/mol. The van der Waals surface area contributed by atoms with Crippen molar-refractivity contribution in [2.75, 3.05) is 6.61 Å². The maximum Gasteiger partial charge on any atom is 0.354 e. The summed E-state index contributed by atoms with van der Waals surface area (Å²) in [7, 11) is 0. The van der Waals surface area contributed by atoms with E-state index < -0.39 is 5.97 Å². The largest absolute Gasteiger partial charge is 0.461 e. The number of ether oxygens (including phenoxy) is 1. The molecule has 0 fully saturated rings. The van der Waals surface area contributed by atoms with Gasteiger partial charge in [-0.25, -0.2) is 4.79 Å². The van der Waals surface area contributed by atoms with Crippen LogP contribution in [0.5, 0.6) is 0 Å². The van der Waals surface area contributed by atoms with Gasteiger partial charge < -0.3 is 9.72 Å². The summed E-state index contributed by atoms with van der Waals surface area (Å²) in [6.07, 6.45) is 0.651. The third-order valence-corrected chi connectivity index (χ3v) is 1.87. The lowest BCUT2D eigenvalue weighted by atomic mass is 10.2. The van der Waals surface area contributed by atoms with Crippen LogP contribution in [0.3, 0.4) is 0 Å². The van der Waals surface area contributed by atoms with Crippen molar-refractivity contribution >= 4 is 5.97 Å². The van der Waals surface area contributed by atoms with Crippen LogP contribution in [0.2, 0.25) is 0 Å². The van der Waals surface area contributed by atoms with E-state index in [1.54, 1.807) is 19.1 Å². The summed E-state index contributed by atoms with van der Waals surface area (Å²) in [5, 5.41) is 0. The average Bonchev–Trinajstić information content (AvgIpc) is 2.18. The first kappa shape index (κ1) is 10.5. The molecule has 1 aromatic heterocycles. The third-order valence-electron chi connectivity index (χ3n) is 1.87. The molecule has 0 aliphatic carbocycles. The van der Waals surface area contributed by atoms with Gasteiger partial charge in [0.2, 0.25) is 0 Å². The highest BCUT2D eigenvalue weighted by Crippen LogP contribution is 1.98. The zero-order valence-electron chi connectivity index (χ0n) is 8.29. The van der Waals surface area contributed by atoms with Crippen molar-refractivity contribution in [1.82, 2.24) is 4.98 Å². The number of aryl methyl sites for hydroxylation is 1. The number of rotatable bonds is 3. The van der Waals surface area contributed by atoms with Gasteiger partial charge in [-0.1, -0.05) is 13.0 Å². The van der Waals surface area contributed by atoms with Gasteiger partial charge in [-0.05, 0) is 19.4 Å². The SMILES string of the molecule is CCOC(=O)c1ccc(CC)c(=O)[nH]1. The Hall–Kier alpha value is -1.58. The fourth-order valence-electron chi connectivity index (χ4n) is 1.11. The van der Waals surface area contributed by atoms with Crippen LogP contribution in [-0.2, 0) is 11.2 Å². The van der Waals surface area contributed by atoms with Gasteiger partial charge in [-0.3, -0.25) is 4.79 Å². The Morgan fingerprint density at radius 3 is 2.64 bits per heavy atom. The summed E-state index contributed by atoms with van der Waals surface area (Å²) >= 11 is 0. The van der Waals surface area contributed by atoms with Crippen molar-refractivity contribution in [2.45, 2.75) is 20.3 Å². The normalized spacial score (nSPS) is 9.86. The van der Waals surface area contributed by atoms with Gasteiger partial charge in [0.25, 0.3) is 5.56 Å². The lowest BCUT2D eigenvalue weighted by Crippen LogP contribution is -2.17. The maximum atomic E-state index is 11.3. The van der Waals surface area contributed by atoms with E-state index in [1.807, 2.05) is 6.92 Å². The standard InChI is InChI=1S/C10H13NO3/c1-3-7-5-6-8(11-9(7)12)10(13)14-4-2/h5-6H,3-4H2,1-2H3,(H,11,12). The molecule has 76 valence electrons. The Bertz CT molecular complexity index is 381. The van der Waals surface area contributed by atoms with Crippen LogP contribution in [0.25, 0.3) is 0 Å². The van der Waals surface area contributed by atoms with Crippen LogP contribution in [0, 0.1) is 0 Å². The lowest BCUT2D eigenvalue weighted by molar-refractivity contribution is 0.0519. The molecule has 1 aromatic rings. The molecule has 1 rings (SSSR count). The minimum absolute atomic E-state index is 0.203. The number of pyridine rings is 1. The topological polar surface area (TPSA) is 59.2 Å². The molecule has 4 heteroatoms. The molecule has 0 aromatic carbocycles. The Morgan fingerprint density at radius 2 is 2.14 bits per heavy atom. The van der Waals surface area contributed by atoms with Crippen LogP contribution in [-0.4, -0.2) is 17.6 Å². The highest BCUT2D eigenvalue weighted by molar-refractivity contribution is 5.87. The predicted octanol–water partition coefficient (Wildman–Crippen LogP) is 1.11. The molecule has 0 bridgehead atoms. The van der Waals surface area contributed by atoms with Crippen molar-refractivity contribution < 1.29 is 9.53 Å². The summed E-state index contributed by atoms with van der Waals surface area (Å²) in [5.74, 6) is -0.493. The van der Waals surface area contributed by atoms with Gasteiger partial charge >= 0.3 is 5.97 Å². The number of aromatic amines is 1. The fourth-order valence-corrected chi connectivity index (χ4v) is 1.11. The summed E-state index contributed by atoms with van der Waals surface area (Å²) < 4.78 is 4.75. The Labute approximate surface area is 81.9 Å². The molecule has 0 saturated heterocycles. The van der Waals surface area contributed by atoms with E-state index in [1.165, 1.54) is 0 Å². The van der Waals surface area contributed by atoms with E-state index in [2.05, 4.69) is 4.98 Å². The molecule has 1 N–H and O–H groups in total. The molecule has 1 heterocycles. The van der Waals surface area contributed by atoms with Crippen LogP contribution < -0.4 is 5.56 Å². The minimum Gasteiger partial charge on any atom is -0.461 e. The van der Waals surface area contributed by atoms with E-state index in [9.17, 15) is 9.59 Å². The highest BCUT2D eigenvalue weighted by atomic mass is 16.5. The highest BCUT2D eigenvalue weighted by Gasteiger charge is 2.07. The first-order chi connectivity index (χ1) is 6.69. The Balaban J connectivity index is 2.97. The van der Waals surface area contributed by atoms with E-state index in [0.29, 0.717) is 18.6 Å². The van der Waals surface area contributed by atoms with Crippen LogP contribution in [0.15, 0.2) is 16.9 Å². The molecule has 0 atom stereocenters. The van der Waals surface area contributed by atoms with Gasteiger partial charge in [0.05, 0.1) is 6.61 Å². The number of nitrogens with one attached hydrogen (secondary N) is 1. The molecule has 0 radical (unpaired) electrons. The van der Waals surface area contributed by atoms with E-state index in [-0.39, 0.29) is 11.3 Å². The van der Waals surface area contributed by atoms with E-state index >= 15 is 0 Å². The van der Waals surface area contributed by atoms with Gasteiger partial charge in [0.15, 0.2) is 0 Å². The Morgan fingerprint density at radius 1 is 1.43 bits per heavy atom. The van der Waals surface area contributed by atoms with Crippen molar-refractivity contribution in [3.63, 3.8) is 0 Å². The van der Waals surface area contributed by atoms with Crippen LogP contribution >= 0.6 is 0 Å². The van der Waals surface area contributed by atoms with E-state index in [4.69, 9.17) is 4.74 Å². The van der Waals surface area contributed by atoms with Crippen LogP contribution in [0.1, 0.15) is 29.9 Å². The van der Waals surface area contributed by atoms with Gasteiger partial charge in [-0.2, -0.15) is 0 Å². The van der Waals surface area contributed by atoms with Gasteiger partial charge in [-0.15, -0.1) is 0 Å². The molecule has 0 aliphatic heterocycles. The third kappa shape index (κ3) is 2.22. The molecule has 4 nitrogen and oxygen atoms in total. The molecule has 14 heavy (non-hydrogen) atoms. The second-order valence-corrected chi connectivity index (χ2v) is 2.80. The van der Waals surface area contributed by atoms with Gasteiger partial charge in [0.1, 0.15) is 5.69 Å². The molecule has 0 unspecified atom stereocenters. The molecule has 0 spiro atoms. The first-order valence-electron chi connectivity index (χ1n) is 4.58. The second-order valence-electron chi connectivity index (χ2n) is 2.80. The monoisotopic (exact) mass is 195 g/mol. The number of carbonyl (C=O) groups is 1. The summed E-state index contributed by atoms with van der Waals surface area (Å²) in [6.45, 7) is 3.90. The summed E-state index contributed by atoms with van der Waals surface area (Å²) in [5.41, 5.74) is 0.644. The van der Waals surface area contributed by atoms with Crippen molar-refractivity contribution in [2.24, 2.45) is 0 Å². The second kappa shape index (κ2) is 4.60. The van der Waals surface area contributed by atoms with Crippen molar-refractivity contribution in [3.05, 3.63) is 33.7 Å². The zero-order chi connectivity index (χ0) is 10.6. The first-order valence-corrected chi connectivity index (χ1v) is 4.58. The number of H-pyrrole nitrogens is 1. The molecule has 0 saturated carbocycles. The number of carbonyl (C=O) groups excluding carboxylic acids is 1. The molecule has 0 amide bonds. The molecular weight excluding hydrogens is 182 g/mol. The minimum atomic E-state index is -0.493. The lowest BCUT2D eigenvalue weighted by Gasteiger charge is -2.01. The quantitative estimate of drug-likeness (QED) is 0.735. The van der Waals surface area contributed by atoms with Crippen molar-refractivity contribution in [3.8, 4) is 0 Å².